The molecule has 0 aliphatic carbocycles. The van der Waals surface area contributed by atoms with Gasteiger partial charge in [0.05, 0.1) is 24.2 Å². The Bertz CT molecular complexity index is 1050. The quantitative estimate of drug-likeness (QED) is 0.566. The van der Waals surface area contributed by atoms with Crippen LogP contribution in [0.2, 0.25) is 5.02 Å². The number of aromatic nitrogens is 1. The molecule has 0 atom stereocenters. The molecule has 2 heterocycles. The van der Waals surface area contributed by atoms with Crippen LogP contribution in [0.5, 0.6) is 5.75 Å². The number of ether oxygens (including phenoxy) is 2. The van der Waals surface area contributed by atoms with Gasteiger partial charge in [0.1, 0.15) is 24.1 Å². The third-order valence-corrected chi connectivity index (χ3v) is 5.01. The van der Waals surface area contributed by atoms with Gasteiger partial charge in [-0.05, 0) is 42.0 Å². The molecule has 29 heavy (non-hydrogen) atoms. The lowest BCUT2D eigenvalue weighted by Crippen LogP contribution is -2.38. The molecular weight excluding hydrogens is 390 g/mol. The lowest BCUT2D eigenvalue weighted by molar-refractivity contribution is 0.0322. The molecule has 0 unspecified atom stereocenters. The molecule has 148 valence electrons. The molecule has 1 aromatic heterocycles. The highest BCUT2D eigenvalue weighted by molar-refractivity contribution is 6.31. The van der Waals surface area contributed by atoms with Gasteiger partial charge in [-0.15, -0.1) is 0 Å². The number of rotatable bonds is 6. The maximum absolute atomic E-state index is 9.61. The molecule has 3 aromatic rings. The van der Waals surface area contributed by atoms with Crippen molar-refractivity contribution in [1.29, 1.82) is 5.26 Å². The summed E-state index contributed by atoms with van der Waals surface area (Å²) >= 11 is 6.07. The number of morpholine rings is 1. The van der Waals surface area contributed by atoms with Crippen LogP contribution in [-0.4, -0.2) is 49.5 Å². The number of hydrogen-bond acceptors (Lipinski definition) is 6. The molecule has 1 saturated heterocycles. The molecule has 4 rings (SSSR count). The van der Waals surface area contributed by atoms with Crippen LogP contribution in [0.4, 0.5) is 0 Å². The van der Waals surface area contributed by atoms with Crippen molar-refractivity contribution in [2.24, 2.45) is 0 Å². The van der Waals surface area contributed by atoms with E-state index in [1.807, 2.05) is 24.3 Å². The molecule has 0 N–H and O–H groups in total. The molecule has 1 fully saturated rings. The van der Waals surface area contributed by atoms with Gasteiger partial charge >= 0.3 is 0 Å². The van der Waals surface area contributed by atoms with Crippen LogP contribution < -0.4 is 4.74 Å². The van der Waals surface area contributed by atoms with E-state index in [1.165, 1.54) is 0 Å². The Balaban J connectivity index is 1.44. The Morgan fingerprint density at radius 3 is 2.76 bits per heavy atom. The van der Waals surface area contributed by atoms with Crippen LogP contribution in [0, 0.1) is 11.3 Å². The van der Waals surface area contributed by atoms with Gasteiger partial charge in [0.25, 0.3) is 0 Å². The monoisotopic (exact) mass is 409 g/mol. The zero-order valence-electron chi connectivity index (χ0n) is 15.8. The van der Waals surface area contributed by atoms with E-state index in [0.29, 0.717) is 33.9 Å². The fourth-order valence-electron chi connectivity index (χ4n) is 3.20. The normalized spacial score (nSPS) is 15.4. The number of nitrogens with zero attached hydrogens (tertiary/aromatic N) is 3. The van der Waals surface area contributed by atoms with Crippen molar-refractivity contribution < 1.29 is 14.0 Å². The van der Waals surface area contributed by atoms with Gasteiger partial charge in [0.2, 0.25) is 0 Å². The average Bonchev–Trinajstić information content (AvgIpc) is 3.17. The molecule has 2 aromatic carbocycles. The highest BCUT2D eigenvalue weighted by atomic mass is 35.5. The van der Waals surface area contributed by atoms with Crippen molar-refractivity contribution in [3.63, 3.8) is 0 Å². The van der Waals surface area contributed by atoms with E-state index in [9.17, 15) is 5.26 Å². The summed E-state index contributed by atoms with van der Waals surface area (Å²) in [6, 6.07) is 15.0. The number of halogens is 1. The van der Waals surface area contributed by atoms with Gasteiger partial charge < -0.3 is 14.0 Å². The topological polar surface area (TPSA) is 71.5 Å². The second-order valence-electron chi connectivity index (χ2n) is 6.71. The first-order valence-corrected chi connectivity index (χ1v) is 9.81. The molecule has 7 heteroatoms. The van der Waals surface area contributed by atoms with Crippen molar-refractivity contribution >= 4 is 34.2 Å². The summed E-state index contributed by atoms with van der Waals surface area (Å²) in [6.45, 7) is 4.98. The molecule has 0 radical (unpaired) electrons. The highest BCUT2D eigenvalue weighted by Gasteiger charge is 2.13. The third kappa shape index (κ3) is 4.77. The van der Waals surface area contributed by atoms with Crippen LogP contribution in [0.1, 0.15) is 11.3 Å². The number of hydrogen-bond donors (Lipinski definition) is 0. The largest absolute Gasteiger partial charge is 0.492 e. The molecule has 6 nitrogen and oxygen atoms in total. The Labute approximate surface area is 173 Å². The van der Waals surface area contributed by atoms with E-state index >= 15 is 0 Å². The first-order chi connectivity index (χ1) is 14.2. The lowest BCUT2D eigenvalue weighted by Gasteiger charge is -2.26. The zero-order valence-corrected chi connectivity index (χ0v) is 16.6. The zero-order chi connectivity index (χ0) is 20.1. The van der Waals surface area contributed by atoms with Crippen molar-refractivity contribution in [2.45, 2.75) is 0 Å². The first kappa shape index (κ1) is 19.5. The van der Waals surface area contributed by atoms with Crippen LogP contribution in [0.15, 0.2) is 47.0 Å². The van der Waals surface area contributed by atoms with Gasteiger partial charge in [-0.25, -0.2) is 0 Å². The van der Waals surface area contributed by atoms with E-state index in [0.717, 1.165) is 44.2 Å². The first-order valence-electron chi connectivity index (χ1n) is 9.43. The predicted octanol–water partition coefficient (Wildman–Crippen LogP) is 4.26. The van der Waals surface area contributed by atoms with Crippen LogP contribution >= 0.6 is 11.6 Å². The fourth-order valence-corrected chi connectivity index (χ4v) is 3.38. The molecule has 0 spiro atoms. The highest BCUT2D eigenvalue weighted by Crippen LogP contribution is 2.28. The maximum atomic E-state index is 9.61. The van der Waals surface area contributed by atoms with Crippen molar-refractivity contribution in [1.82, 2.24) is 10.1 Å². The molecule has 1 aliphatic heterocycles. The van der Waals surface area contributed by atoms with E-state index in [1.54, 1.807) is 24.3 Å². The van der Waals surface area contributed by atoms with Gasteiger partial charge in [0.15, 0.2) is 5.58 Å². The fraction of sp³-hybridized carbons (Fsp3) is 0.273. The summed E-state index contributed by atoms with van der Waals surface area (Å²) in [5, 5.41) is 14.9. The van der Waals surface area contributed by atoms with Crippen LogP contribution in [0.25, 0.3) is 22.6 Å². The smallest absolute Gasteiger partial charge is 0.167 e. The second kappa shape index (κ2) is 9.10. The predicted molar refractivity (Wildman–Crippen MR) is 112 cm³/mol. The minimum atomic E-state index is 0.409. The van der Waals surface area contributed by atoms with Crippen LogP contribution in [-0.2, 0) is 4.74 Å². The van der Waals surface area contributed by atoms with Gasteiger partial charge in [-0.2, -0.15) is 5.26 Å². The molecule has 0 bridgehead atoms. The van der Waals surface area contributed by atoms with E-state index in [4.69, 9.17) is 25.6 Å². The van der Waals surface area contributed by atoms with E-state index in [-0.39, 0.29) is 0 Å². The van der Waals surface area contributed by atoms with Crippen molar-refractivity contribution in [3.05, 3.63) is 58.7 Å². The minimum Gasteiger partial charge on any atom is -0.492 e. The third-order valence-electron chi connectivity index (χ3n) is 4.78. The Morgan fingerprint density at radius 2 is 2.00 bits per heavy atom. The van der Waals surface area contributed by atoms with Gasteiger partial charge in [0, 0.05) is 24.7 Å². The average molecular weight is 410 g/mol. The van der Waals surface area contributed by atoms with Crippen LogP contribution in [0.3, 0.4) is 0 Å². The Morgan fingerprint density at radius 1 is 1.21 bits per heavy atom. The van der Waals surface area contributed by atoms with Crippen molar-refractivity contribution in [3.8, 4) is 11.8 Å². The summed E-state index contributed by atoms with van der Waals surface area (Å²) in [6.07, 6.45) is 1.77. The summed E-state index contributed by atoms with van der Waals surface area (Å²) in [5.74, 6) is 0.799. The standard InChI is InChI=1S/C22H20ClN3O3/c23-18-3-6-21-20(14-18)22(25-29-21)17(15-24)13-16-1-4-19(5-2-16)28-12-9-26-7-10-27-11-8-26/h1-6,13-14H,7-12H2/b17-13+. The summed E-state index contributed by atoms with van der Waals surface area (Å²) in [7, 11) is 0. The second-order valence-corrected chi connectivity index (χ2v) is 7.15. The minimum absolute atomic E-state index is 0.409. The van der Waals surface area contributed by atoms with Crippen molar-refractivity contribution in [2.75, 3.05) is 39.5 Å². The number of fused-ring (bicyclic) bond motifs is 1. The molecule has 1 aliphatic rings. The summed E-state index contributed by atoms with van der Waals surface area (Å²) in [4.78, 5) is 2.33. The SMILES string of the molecule is N#C/C(=C\c1ccc(OCCN2CCOCC2)cc1)c1noc2ccc(Cl)cc12. The lowest BCUT2D eigenvalue weighted by atomic mass is 10.1. The summed E-state index contributed by atoms with van der Waals surface area (Å²) < 4.78 is 16.5. The Kier molecular flexibility index (Phi) is 6.11. The molecule has 0 amide bonds. The van der Waals surface area contributed by atoms with Gasteiger partial charge in [-0.3, -0.25) is 4.90 Å². The van der Waals surface area contributed by atoms with Gasteiger partial charge in [-0.1, -0.05) is 28.9 Å². The maximum Gasteiger partial charge on any atom is 0.167 e. The number of allylic oxidation sites excluding steroid dienone is 1. The molecule has 0 saturated carbocycles. The number of benzene rings is 2. The molecular formula is C22H20ClN3O3. The van der Waals surface area contributed by atoms with E-state index in [2.05, 4.69) is 16.1 Å². The van der Waals surface area contributed by atoms with E-state index < -0.39 is 0 Å². The Hall–Kier alpha value is -2.85. The number of nitriles is 1. The summed E-state index contributed by atoms with van der Waals surface area (Å²) in [5.41, 5.74) is 2.36.